The average Bonchev–Trinajstić information content (AvgIpc) is 2.67. The summed E-state index contributed by atoms with van der Waals surface area (Å²) in [4.78, 5) is 14.0. The summed E-state index contributed by atoms with van der Waals surface area (Å²) in [6.07, 6.45) is -2.17. The molecular formula is C19H26ClF3N2O3S. The molecule has 29 heavy (non-hydrogen) atoms. The summed E-state index contributed by atoms with van der Waals surface area (Å²) >= 11 is 5.58. The summed E-state index contributed by atoms with van der Waals surface area (Å²) in [5.41, 5.74) is -1.18. The second-order valence-electron chi connectivity index (χ2n) is 7.09. The quantitative estimate of drug-likeness (QED) is 0.613. The van der Waals surface area contributed by atoms with Crippen molar-refractivity contribution in [2.24, 2.45) is 5.92 Å². The van der Waals surface area contributed by atoms with Crippen LogP contribution in [0.25, 0.3) is 0 Å². The number of benzene rings is 1. The van der Waals surface area contributed by atoms with Gasteiger partial charge in [0.15, 0.2) is 0 Å². The van der Waals surface area contributed by atoms with Crippen molar-refractivity contribution in [3.05, 3.63) is 28.8 Å². The zero-order valence-corrected chi connectivity index (χ0v) is 18.1. The number of rotatable bonds is 7. The van der Waals surface area contributed by atoms with Crippen molar-refractivity contribution < 1.29 is 26.4 Å². The molecule has 5 nitrogen and oxygen atoms in total. The molecule has 0 aliphatic carbocycles. The zero-order valence-electron chi connectivity index (χ0n) is 16.5. The SMILES string of the molecule is CCCCN(CC)C(=O)C1CCN(S(=O)(=O)c2ccc(Cl)c(C(F)(F)F)c2)CC1. The van der Waals surface area contributed by atoms with Gasteiger partial charge in [0.2, 0.25) is 15.9 Å². The van der Waals surface area contributed by atoms with E-state index in [1.165, 1.54) is 0 Å². The fourth-order valence-corrected chi connectivity index (χ4v) is 5.13. The number of nitrogens with zero attached hydrogens (tertiary/aromatic N) is 2. The van der Waals surface area contributed by atoms with Crippen LogP contribution in [0.3, 0.4) is 0 Å². The molecule has 1 aromatic rings. The molecule has 1 fully saturated rings. The molecule has 1 aromatic carbocycles. The van der Waals surface area contributed by atoms with Gasteiger partial charge in [0, 0.05) is 32.1 Å². The van der Waals surface area contributed by atoms with Gasteiger partial charge in [-0.05, 0) is 44.4 Å². The van der Waals surface area contributed by atoms with Crippen LogP contribution in [0.1, 0.15) is 45.1 Å². The Morgan fingerprint density at radius 2 is 1.86 bits per heavy atom. The fraction of sp³-hybridized carbons (Fsp3) is 0.632. The van der Waals surface area contributed by atoms with Crippen molar-refractivity contribution in [2.45, 2.75) is 50.6 Å². The van der Waals surface area contributed by atoms with Crippen LogP contribution in [-0.4, -0.2) is 49.7 Å². The third kappa shape index (κ3) is 5.64. The summed E-state index contributed by atoms with van der Waals surface area (Å²) in [7, 11) is -4.10. The highest BCUT2D eigenvalue weighted by Crippen LogP contribution is 2.36. The lowest BCUT2D eigenvalue weighted by Crippen LogP contribution is -2.44. The Hall–Kier alpha value is -1.32. The largest absolute Gasteiger partial charge is 0.417 e. The molecule has 1 aliphatic rings. The molecule has 2 rings (SSSR count). The van der Waals surface area contributed by atoms with Gasteiger partial charge in [-0.15, -0.1) is 0 Å². The third-order valence-corrected chi connectivity index (χ3v) is 7.38. The van der Waals surface area contributed by atoms with Gasteiger partial charge in [0.25, 0.3) is 0 Å². The third-order valence-electron chi connectivity index (χ3n) is 5.16. The minimum Gasteiger partial charge on any atom is -0.343 e. The lowest BCUT2D eigenvalue weighted by molar-refractivity contribution is -0.138. The average molecular weight is 455 g/mol. The lowest BCUT2D eigenvalue weighted by atomic mass is 9.96. The first-order valence-corrected chi connectivity index (χ1v) is 11.5. The van der Waals surface area contributed by atoms with Crippen LogP contribution in [0.15, 0.2) is 23.1 Å². The van der Waals surface area contributed by atoms with E-state index in [0.717, 1.165) is 29.3 Å². The highest BCUT2D eigenvalue weighted by molar-refractivity contribution is 7.89. The number of carbonyl (C=O) groups is 1. The number of halogens is 4. The van der Waals surface area contributed by atoms with Crippen molar-refractivity contribution in [1.82, 2.24) is 9.21 Å². The number of alkyl halides is 3. The Morgan fingerprint density at radius 1 is 1.24 bits per heavy atom. The number of carbonyl (C=O) groups excluding carboxylic acids is 1. The summed E-state index contributed by atoms with van der Waals surface area (Å²) in [5.74, 6) is -0.252. The van der Waals surface area contributed by atoms with Gasteiger partial charge in [-0.2, -0.15) is 17.5 Å². The van der Waals surface area contributed by atoms with E-state index in [9.17, 15) is 26.4 Å². The summed E-state index contributed by atoms with van der Waals surface area (Å²) < 4.78 is 65.9. The monoisotopic (exact) mass is 454 g/mol. The van der Waals surface area contributed by atoms with E-state index in [2.05, 4.69) is 0 Å². The molecule has 0 atom stereocenters. The van der Waals surface area contributed by atoms with E-state index in [1.54, 1.807) is 4.90 Å². The number of piperidine rings is 1. The molecule has 1 saturated heterocycles. The standard InChI is InChI=1S/C19H26ClF3N2O3S/c1-3-5-10-24(4-2)18(26)14-8-11-25(12-9-14)29(27,28)15-6-7-17(20)16(13-15)19(21,22)23/h6-7,13-14H,3-5,8-12H2,1-2H3. The summed E-state index contributed by atoms with van der Waals surface area (Å²) in [6.45, 7) is 5.41. The van der Waals surface area contributed by atoms with Crippen molar-refractivity contribution in [2.75, 3.05) is 26.2 Å². The molecule has 0 radical (unpaired) electrons. The Kier molecular flexibility index (Phi) is 7.98. The predicted molar refractivity (Wildman–Crippen MR) is 105 cm³/mol. The topological polar surface area (TPSA) is 57.7 Å². The molecule has 1 heterocycles. The Labute approximate surface area is 174 Å². The normalized spacial score (nSPS) is 16.8. The summed E-state index contributed by atoms with van der Waals surface area (Å²) in [5, 5.41) is -0.549. The van der Waals surface area contributed by atoms with Gasteiger partial charge in [0.05, 0.1) is 15.5 Å². The van der Waals surface area contributed by atoms with Crippen LogP contribution < -0.4 is 0 Å². The van der Waals surface area contributed by atoms with Crippen molar-refractivity contribution in [3.8, 4) is 0 Å². The maximum absolute atomic E-state index is 13.1. The van der Waals surface area contributed by atoms with Gasteiger partial charge < -0.3 is 4.90 Å². The minimum absolute atomic E-state index is 0.0175. The number of hydrogen-bond donors (Lipinski definition) is 0. The van der Waals surface area contributed by atoms with E-state index in [-0.39, 0.29) is 24.9 Å². The van der Waals surface area contributed by atoms with E-state index in [4.69, 9.17) is 11.6 Å². The van der Waals surface area contributed by atoms with Crippen LogP contribution in [-0.2, 0) is 21.0 Å². The first-order valence-electron chi connectivity index (χ1n) is 9.68. The van der Waals surface area contributed by atoms with E-state index >= 15 is 0 Å². The van der Waals surface area contributed by atoms with Gasteiger partial charge >= 0.3 is 6.18 Å². The van der Waals surface area contributed by atoms with Gasteiger partial charge in [0.1, 0.15) is 0 Å². The highest BCUT2D eigenvalue weighted by atomic mass is 35.5. The van der Waals surface area contributed by atoms with E-state index in [0.29, 0.717) is 32.0 Å². The first kappa shape index (κ1) is 24.0. The molecule has 1 amide bonds. The van der Waals surface area contributed by atoms with Crippen molar-refractivity contribution >= 4 is 27.5 Å². The van der Waals surface area contributed by atoms with Crippen molar-refractivity contribution in [3.63, 3.8) is 0 Å². The molecule has 0 unspecified atom stereocenters. The number of hydrogen-bond acceptors (Lipinski definition) is 3. The van der Waals surface area contributed by atoms with Gasteiger partial charge in [-0.1, -0.05) is 24.9 Å². The molecular weight excluding hydrogens is 429 g/mol. The summed E-state index contributed by atoms with van der Waals surface area (Å²) in [6, 6.07) is 2.59. The second kappa shape index (κ2) is 9.66. The highest BCUT2D eigenvalue weighted by Gasteiger charge is 2.37. The predicted octanol–water partition coefficient (Wildman–Crippen LogP) is 4.41. The van der Waals surface area contributed by atoms with Crippen LogP contribution in [0, 0.1) is 5.92 Å². The van der Waals surface area contributed by atoms with Crippen molar-refractivity contribution in [1.29, 1.82) is 0 Å². The minimum atomic E-state index is -4.75. The molecule has 164 valence electrons. The van der Waals surface area contributed by atoms with Crippen LogP contribution in [0.2, 0.25) is 5.02 Å². The van der Waals surface area contributed by atoms with Gasteiger partial charge in [-0.3, -0.25) is 4.79 Å². The molecule has 10 heteroatoms. The molecule has 0 spiro atoms. The Bertz CT molecular complexity index is 822. The second-order valence-corrected chi connectivity index (χ2v) is 9.43. The molecule has 0 N–H and O–H groups in total. The fourth-order valence-electron chi connectivity index (χ4n) is 3.41. The zero-order chi connectivity index (χ0) is 21.8. The Morgan fingerprint density at radius 3 is 2.38 bits per heavy atom. The number of amides is 1. The lowest BCUT2D eigenvalue weighted by Gasteiger charge is -2.33. The van der Waals surface area contributed by atoms with E-state index in [1.807, 2.05) is 13.8 Å². The maximum Gasteiger partial charge on any atom is 0.417 e. The van der Waals surface area contributed by atoms with Crippen LogP contribution >= 0.6 is 11.6 Å². The number of unbranched alkanes of at least 4 members (excludes halogenated alkanes) is 1. The number of sulfonamides is 1. The van der Waals surface area contributed by atoms with E-state index < -0.39 is 31.7 Å². The van der Waals surface area contributed by atoms with Gasteiger partial charge in [-0.25, -0.2) is 8.42 Å². The Balaban J connectivity index is 2.11. The molecule has 0 saturated carbocycles. The first-order chi connectivity index (χ1) is 13.5. The van der Waals surface area contributed by atoms with Crippen LogP contribution in [0.5, 0.6) is 0 Å². The molecule has 1 aliphatic heterocycles. The van der Waals surface area contributed by atoms with Crippen LogP contribution in [0.4, 0.5) is 13.2 Å². The molecule has 0 aromatic heterocycles. The maximum atomic E-state index is 13.1. The molecule has 0 bridgehead atoms. The smallest absolute Gasteiger partial charge is 0.343 e.